The zero-order valence-electron chi connectivity index (χ0n) is 12.0. The molecule has 1 fully saturated rings. The maximum absolute atomic E-state index is 12.9. The minimum atomic E-state index is -3.56. The van der Waals surface area contributed by atoms with Crippen LogP contribution in [-0.2, 0) is 10.0 Å². The Morgan fingerprint density at radius 3 is 2.81 bits per heavy atom. The Morgan fingerprint density at radius 1 is 1.29 bits per heavy atom. The quantitative estimate of drug-likeness (QED) is 0.910. The van der Waals surface area contributed by atoms with Crippen LogP contribution in [0.4, 0.5) is 0 Å². The van der Waals surface area contributed by atoms with Crippen molar-refractivity contribution in [3.05, 3.63) is 18.2 Å². The maximum atomic E-state index is 12.9. The summed E-state index contributed by atoms with van der Waals surface area (Å²) in [6.07, 6.45) is 2.69. The van der Waals surface area contributed by atoms with Crippen LogP contribution in [0.1, 0.15) is 26.2 Å². The molecule has 2 N–H and O–H groups in total. The molecular formula is C14H20N2O4S. The second kappa shape index (κ2) is 5.47. The lowest BCUT2D eigenvalue weighted by Crippen LogP contribution is -2.51. The van der Waals surface area contributed by atoms with Crippen LogP contribution < -0.4 is 15.2 Å². The van der Waals surface area contributed by atoms with E-state index < -0.39 is 10.0 Å². The van der Waals surface area contributed by atoms with Gasteiger partial charge in [-0.2, -0.15) is 4.31 Å². The molecule has 0 amide bonds. The second-order valence-corrected chi connectivity index (χ2v) is 7.44. The maximum Gasteiger partial charge on any atom is 0.243 e. The molecule has 0 unspecified atom stereocenters. The first kappa shape index (κ1) is 14.6. The van der Waals surface area contributed by atoms with Crippen molar-refractivity contribution in [2.45, 2.75) is 43.2 Å². The summed E-state index contributed by atoms with van der Waals surface area (Å²) < 4.78 is 37.8. The number of benzene rings is 1. The summed E-state index contributed by atoms with van der Waals surface area (Å²) in [6.45, 7) is 2.51. The highest BCUT2D eigenvalue weighted by Gasteiger charge is 2.35. The average Bonchev–Trinajstić information content (AvgIpc) is 2.94. The lowest BCUT2D eigenvalue weighted by molar-refractivity contribution is 0.174. The van der Waals surface area contributed by atoms with Gasteiger partial charge in [-0.15, -0.1) is 0 Å². The Balaban J connectivity index is 1.95. The van der Waals surface area contributed by atoms with Crippen molar-refractivity contribution in [2.75, 3.05) is 13.3 Å². The fourth-order valence-electron chi connectivity index (χ4n) is 2.93. The first-order valence-electron chi connectivity index (χ1n) is 7.17. The number of piperidine rings is 1. The molecule has 21 heavy (non-hydrogen) atoms. The van der Waals surface area contributed by atoms with Crippen LogP contribution >= 0.6 is 0 Å². The highest BCUT2D eigenvalue weighted by Crippen LogP contribution is 2.35. The minimum absolute atomic E-state index is 0.130. The smallest absolute Gasteiger partial charge is 0.243 e. The Bertz CT molecular complexity index is 630. The molecule has 0 saturated carbocycles. The Hall–Kier alpha value is -1.31. The standard InChI is InChI=1S/C14H20N2O4S/c1-10(15)12-4-2-3-7-16(12)21(17,18)11-5-6-13-14(8-11)20-9-19-13/h5-6,8,10,12H,2-4,7,9,15H2,1H3/t10-,12-/m0/s1. The van der Waals surface area contributed by atoms with E-state index in [1.165, 1.54) is 6.07 Å². The van der Waals surface area contributed by atoms with Gasteiger partial charge in [0, 0.05) is 24.7 Å². The highest BCUT2D eigenvalue weighted by molar-refractivity contribution is 7.89. The van der Waals surface area contributed by atoms with E-state index >= 15 is 0 Å². The third kappa shape index (κ3) is 2.61. The van der Waals surface area contributed by atoms with Crippen molar-refractivity contribution in [2.24, 2.45) is 5.73 Å². The molecule has 1 aromatic rings. The van der Waals surface area contributed by atoms with Gasteiger partial charge in [0.25, 0.3) is 0 Å². The topological polar surface area (TPSA) is 81.9 Å². The van der Waals surface area contributed by atoms with Crippen LogP contribution in [0, 0.1) is 0 Å². The summed E-state index contributed by atoms with van der Waals surface area (Å²) in [5.74, 6) is 1.06. The zero-order valence-corrected chi connectivity index (χ0v) is 12.8. The lowest BCUT2D eigenvalue weighted by Gasteiger charge is -2.36. The molecule has 0 aliphatic carbocycles. The van der Waals surface area contributed by atoms with Gasteiger partial charge in [0.2, 0.25) is 16.8 Å². The third-order valence-corrected chi connectivity index (χ3v) is 5.98. The molecule has 116 valence electrons. The average molecular weight is 312 g/mol. The van der Waals surface area contributed by atoms with Crippen LogP contribution in [0.5, 0.6) is 11.5 Å². The van der Waals surface area contributed by atoms with Crippen molar-refractivity contribution < 1.29 is 17.9 Å². The van der Waals surface area contributed by atoms with Crippen LogP contribution in [0.25, 0.3) is 0 Å². The molecule has 7 heteroatoms. The number of rotatable bonds is 3. The molecule has 0 bridgehead atoms. The van der Waals surface area contributed by atoms with Crippen LogP contribution in [0.15, 0.2) is 23.1 Å². The van der Waals surface area contributed by atoms with Crippen molar-refractivity contribution in [1.29, 1.82) is 0 Å². The number of hydrogen-bond acceptors (Lipinski definition) is 5. The van der Waals surface area contributed by atoms with E-state index in [0.29, 0.717) is 18.0 Å². The molecule has 1 saturated heterocycles. The monoisotopic (exact) mass is 312 g/mol. The molecular weight excluding hydrogens is 292 g/mol. The van der Waals surface area contributed by atoms with E-state index in [0.717, 1.165) is 19.3 Å². The predicted molar refractivity (Wildman–Crippen MR) is 77.7 cm³/mol. The molecule has 2 atom stereocenters. The molecule has 2 heterocycles. The van der Waals surface area contributed by atoms with E-state index in [1.54, 1.807) is 16.4 Å². The van der Waals surface area contributed by atoms with E-state index in [1.807, 2.05) is 6.92 Å². The summed E-state index contributed by atoms with van der Waals surface area (Å²) in [5, 5.41) is 0. The van der Waals surface area contributed by atoms with E-state index in [2.05, 4.69) is 0 Å². The van der Waals surface area contributed by atoms with Crippen LogP contribution in [0.2, 0.25) is 0 Å². The molecule has 6 nitrogen and oxygen atoms in total. The van der Waals surface area contributed by atoms with Crippen molar-refractivity contribution in [3.63, 3.8) is 0 Å². The number of fused-ring (bicyclic) bond motifs is 1. The van der Waals surface area contributed by atoms with E-state index in [-0.39, 0.29) is 23.8 Å². The summed E-state index contributed by atoms with van der Waals surface area (Å²) in [5.41, 5.74) is 5.97. The molecule has 0 aromatic heterocycles. The highest BCUT2D eigenvalue weighted by atomic mass is 32.2. The van der Waals surface area contributed by atoms with Gasteiger partial charge in [0.1, 0.15) is 0 Å². The second-order valence-electron chi connectivity index (χ2n) is 5.55. The van der Waals surface area contributed by atoms with Crippen LogP contribution in [0.3, 0.4) is 0 Å². The first-order valence-corrected chi connectivity index (χ1v) is 8.61. The van der Waals surface area contributed by atoms with Gasteiger partial charge in [0.15, 0.2) is 11.5 Å². The van der Waals surface area contributed by atoms with Crippen molar-refractivity contribution in [1.82, 2.24) is 4.31 Å². The lowest BCUT2D eigenvalue weighted by atomic mass is 10.00. The van der Waals surface area contributed by atoms with Gasteiger partial charge < -0.3 is 15.2 Å². The van der Waals surface area contributed by atoms with E-state index in [9.17, 15) is 8.42 Å². The molecule has 0 radical (unpaired) electrons. The Kier molecular flexibility index (Phi) is 3.81. The Morgan fingerprint density at radius 2 is 2.05 bits per heavy atom. The zero-order chi connectivity index (χ0) is 15.0. The van der Waals surface area contributed by atoms with Gasteiger partial charge in [0.05, 0.1) is 4.90 Å². The number of nitrogens with two attached hydrogens (primary N) is 1. The number of ether oxygens (including phenoxy) is 2. The molecule has 0 spiro atoms. The van der Waals surface area contributed by atoms with Gasteiger partial charge >= 0.3 is 0 Å². The Labute approximate surface area is 124 Å². The predicted octanol–water partition coefficient (Wildman–Crippen LogP) is 1.31. The van der Waals surface area contributed by atoms with Crippen molar-refractivity contribution in [3.8, 4) is 11.5 Å². The number of nitrogens with zero attached hydrogens (tertiary/aromatic N) is 1. The minimum Gasteiger partial charge on any atom is -0.454 e. The fourth-order valence-corrected chi connectivity index (χ4v) is 4.72. The third-order valence-electron chi connectivity index (χ3n) is 4.06. The van der Waals surface area contributed by atoms with Gasteiger partial charge in [-0.05, 0) is 31.9 Å². The molecule has 3 rings (SSSR count). The van der Waals surface area contributed by atoms with Gasteiger partial charge in [-0.25, -0.2) is 8.42 Å². The SMILES string of the molecule is C[C@H](N)[C@@H]1CCCCN1S(=O)(=O)c1ccc2c(c1)OCO2. The summed E-state index contributed by atoms with van der Waals surface area (Å²) in [6, 6.07) is 4.41. The van der Waals surface area contributed by atoms with E-state index in [4.69, 9.17) is 15.2 Å². The summed E-state index contributed by atoms with van der Waals surface area (Å²) in [7, 11) is -3.56. The largest absolute Gasteiger partial charge is 0.454 e. The first-order chi connectivity index (χ1) is 10.00. The van der Waals surface area contributed by atoms with Crippen LogP contribution in [-0.4, -0.2) is 38.1 Å². The summed E-state index contributed by atoms with van der Waals surface area (Å²) >= 11 is 0. The molecule has 1 aromatic carbocycles. The van der Waals surface area contributed by atoms with Gasteiger partial charge in [-0.1, -0.05) is 6.42 Å². The van der Waals surface area contributed by atoms with Gasteiger partial charge in [-0.3, -0.25) is 0 Å². The fraction of sp³-hybridized carbons (Fsp3) is 0.571. The summed E-state index contributed by atoms with van der Waals surface area (Å²) in [4.78, 5) is 0.235. The molecule has 2 aliphatic heterocycles. The number of hydrogen-bond donors (Lipinski definition) is 1. The van der Waals surface area contributed by atoms with Crippen molar-refractivity contribution >= 4 is 10.0 Å². The number of sulfonamides is 1. The molecule has 2 aliphatic rings. The normalized spacial score (nSPS) is 24.0.